The Morgan fingerprint density at radius 3 is 2.59 bits per heavy atom. The van der Waals surface area contributed by atoms with Gasteiger partial charge >= 0.3 is 5.97 Å². The van der Waals surface area contributed by atoms with E-state index in [-0.39, 0.29) is 17.9 Å². The number of imidazole rings is 1. The minimum atomic E-state index is -1.02. The van der Waals surface area contributed by atoms with Crippen molar-refractivity contribution in [2.45, 2.75) is 44.6 Å². The number of carbonyl (C=O) groups excluding carboxylic acids is 1. The SMILES string of the molecule is COc1ccc(CC(=O)O)c(NC(=O)c2ccc3c(c2)nc(-c2ccoc2)n3C2CCCCC2)c1OC. The summed E-state index contributed by atoms with van der Waals surface area (Å²) in [4.78, 5) is 29.7. The summed E-state index contributed by atoms with van der Waals surface area (Å²) in [5.74, 6) is 0.0469. The number of nitrogens with one attached hydrogen (secondary N) is 1. The average Bonchev–Trinajstić information content (AvgIpc) is 3.57. The quantitative estimate of drug-likeness (QED) is 0.317. The molecule has 0 radical (unpaired) electrons. The molecule has 37 heavy (non-hydrogen) atoms. The molecule has 9 heteroatoms. The van der Waals surface area contributed by atoms with Gasteiger partial charge in [-0.1, -0.05) is 25.3 Å². The molecular formula is C28H29N3O6. The Morgan fingerprint density at radius 1 is 1.11 bits per heavy atom. The van der Waals surface area contributed by atoms with Crippen molar-refractivity contribution in [1.29, 1.82) is 0 Å². The Morgan fingerprint density at radius 2 is 1.92 bits per heavy atom. The molecule has 2 heterocycles. The zero-order chi connectivity index (χ0) is 25.9. The molecular weight excluding hydrogens is 474 g/mol. The van der Waals surface area contributed by atoms with Crippen molar-refractivity contribution < 1.29 is 28.6 Å². The molecule has 0 aliphatic heterocycles. The Labute approximate surface area is 214 Å². The minimum Gasteiger partial charge on any atom is -0.493 e. The number of rotatable bonds is 8. The van der Waals surface area contributed by atoms with Crippen LogP contribution in [0.2, 0.25) is 0 Å². The summed E-state index contributed by atoms with van der Waals surface area (Å²) in [5, 5.41) is 12.2. The molecule has 2 N–H and O–H groups in total. The van der Waals surface area contributed by atoms with Gasteiger partial charge in [0.25, 0.3) is 5.91 Å². The molecule has 192 valence electrons. The second-order valence-corrected chi connectivity index (χ2v) is 9.17. The molecule has 1 saturated carbocycles. The van der Waals surface area contributed by atoms with E-state index in [1.54, 1.807) is 36.8 Å². The highest BCUT2D eigenvalue weighted by atomic mass is 16.5. The molecule has 1 aliphatic carbocycles. The molecule has 0 bridgehead atoms. The van der Waals surface area contributed by atoms with Gasteiger partial charge in [0.1, 0.15) is 12.1 Å². The van der Waals surface area contributed by atoms with Crippen LogP contribution in [0, 0.1) is 0 Å². The first-order chi connectivity index (χ1) is 18.0. The number of ether oxygens (including phenoxy) is 2. The van der Waals surface area contributed by atoms with Crippen molar-refractivity contribution >= 4 is 28.6 Å². The van der Waals surface area contributed by atoms with Crippen LogP contribution in [0.4, 0.5) is 5.69 Å². The summed E-state index contributed by atoms with van der Waals surface area (Å²) in [6.45, 7) is 0. The number of anilines is 1. The lowest BCUT2D eigenvalue weighted by Gasteiger charge is -2.25. The van der Waals surface area contributed by atoms with Gasteiger partial charge in [-0.3, -0.25) is 9.59 Å². The number of furan rings is 1. The van der Waals surface area contributed by atoms with Crippen molar-refractivity contribution in [2.24, 2.45) is 0 Å². The third-order valence-electron chi connectivity index (χ3n) is 6.88. The van der Waals surface area contributed by atoms with Gasteiger partial charge in [-0.15, -0.1) is 0 Å². The van der Waals surface area contributed by atoms with Gasteiger partial charge in [-0.05, 0) is 48.7 Å². The summed E-state index contributed by atoms with van der Waals surface area (Å²) >= 11 is 0. The van der Waals surface area contributed by atoms with Crippen LogP contribution < -0.4 is 14.8 Å². The fraction of sp³-hybridized carbons (Fsp3) is 0.321. The predicted molar refractivity (Wildman–Crippen MR) is 138 cm³/mol. The first-order valence-electron chi connectivity index (χ1n) is 12.3. The Balaban J connectivity index is 1.54. The number of methoxy groups -OCH3 is 2. The second kappa shape index (κ2) is 10.4. The van der Waals surface area contributed by atoms with Gasteiger partial charge in [0.05, 0.1) is 49.2 Å². The number of benzene rings is 2. The third-order valence-corrected chi connectivity index (χ3v) is 6.88. The smallest absolute Gasteiger partial charge is 0.307 e. The van der Waals surface area contributed by atoms with Crippen LogP contribution in [0.15, 0.2) is 53.3 Å². The van der Waals surface area contributed by atoms with Crippen LogP contribution >= 0.6 is 0 Å². The molecule has 1 amide bonds. The maximum Gasteiger partial charge on any atom is 0.307 e. The topological polar surface area (TPSA) is 116 Å². The number of carboxylic acids is 1. The van der Waals surface area contributed by atoms with Crippen LogP contribution in [0.1, 0.15) is 54.1 Å². The average molecular weight is 504 g/mol. The number of aliphatic carboxylic acids is 1. The number of carboxylic acid groups (broad SMARTS) is 1. The maximum absolute atomic E-state index is 13.4. The van der Waals surface area contributed by atoms with Crippen LogP contribution in [-0.2, 0) is 11.2 Å². The molecule has 0 unspecified atom stereocenters. The van der Waals surface area contributed by atoms with Crippen molar-refractivity contribution in [2.75, 3.05) is 19.5 Å². The molecule has 5 rings (SSSR count). The van der Waals surface area contributed by atoms with Crippen LogP contribution in [0.25, 0.3) is 22.4 Å². The Bertz CT molecular complexity index is 1430. The fourth-order valence-corrected chi connectivity index (χ4v) is 5.14. The molecule has 1 aliphatic rings. The van der Waals surface area contributed by atoms with Crippen LogP contribution in [-0.4, -0.2) is 40.8 Å². The molecule has 2 aromatic heterocycles. The van der Waals surface area contributed by atoms with Gasteiger partial charge in [-0.25, -0.2) is 4.98 Å². The molecule has 0 atom stereocenters. The van der Waals surface area contributed by atoms with Gasteiger partial charge in [0, 0.05) is 11.6 Å². The molecule has 9 nitrogen and oxygen atoms in total. The Kier molecular flexibility index (Phi) is 6.85. The second-order valence-electron chi connectivity index (χ2n) is 9.17. The van der Waals surface area contributed by atoms with E-state index in [1.165, 1.54) is 33.5 Å². The predicted octanol–water partition coefficient (Wildman–Crippen LogP) is 5.70. The number of hydrogen-bond donors (Lipinski definition) is 2. The zero-order valence-corrected chi connectivity index (χ0v) is 20.8. The first kappa shape index (κ1) is 24.4. The number of fused-ring (bicyclic) bond motifs is 1. The van der Waals surface area contributed by atoms with E-state index in [0.29, 0.717) is 28.4 Å². The summed E-state index contributed by atoms with van der Waals surface area (Å²) in [6, 6.07) is 10.9. The summed E-state index contributed by atoms with van der Waals surface area (Å²) < 4.78 is 18.4. The number of aromatic nitrogens is 2. The van der Waals surface area contributed by atoms with Gasteiger partial charge < -0.3 is 28.9 Å². The lowest BCUT2D eigenvalue weighted by molar-refractivity contribution is -0.136. The standard InChI is InChI=1S/C28H29N3O6/c1-35-23-11-9-17(15-24(32)33)25(26(23)36-2)30-28(34)18-8-10-22-21(14-18)29-27(19-12-13-37-16-19)31(22)20-6-4-3-5-7-20/h8-14,16,20H,3-7,15H2,1-2H3,(H,30,34)(H,32,33). The minimum absolute atomic E-state index is 0.263. The Hall–Kier alpha value is -4.27. The maximum atomic E-state index is 13.4. The summed E-state index contributed by atoms with van der Waals surface area (Å²) in [6.07, 6.45) is 8.80. The van der Waals surface area contributed by atoms with E-state index in [0.717, 1.165) is 29.7 Å². The summed E-state index contributed by atoms with van der Waals surface area (Å²) in [7, 11) is 2.92. The molecule has 0 saturated heterocycles. The first-order valence-corrected chi connectivity index (χ1v) is 12.3. The highest BCUT2D eigenvalue weighted by Gasteiger charge is 2.24. The van der Waals surface area contributed by atoms with E-state index in [2.05, 4.69) is 9.88 Å². The van der Waals surface area contributed by atoms with Crippen molar-refractivity contribution in [3.05, 3.63) is 60.1 Å². The number of nitrogens with zero attached hydrogens (tertiary/aromatic N) is 2. The molecule has 1 fully saturated rings. The fourth-order valence-electron chi connectivity index (χ4n) is 5.14. The highest BCUT2D eigenvalue weighted by Crippen LogP contribution is 2.39. The van der Waals surface area contributed by atoms with Crippen molar-refractivity contribution in [3.8, 4) is 22.9 Å². The van der Waals surface area contributed by atoms with E-state index in [9.17, 15) is 14.7 Å². The van der Waals surface area contributed by atoms with Crippen LogP contribution in [0.3, 0.4) is 0 Å². The third kappa shape index (κ3) is 4.76. The number of carbonyl (C=O) groups is 2. The summed E-state index contributed by atoms with van der Waals surface area (Å²) in [5.41, 5.74) is 3.63. The van der Waals surface area contributed by atoms with E-state index >= 15 is 0 Å². The largest absolute Gasteiger partial charge is 0.493 e. The van der Waals surface area contributed by atoms with Crippen molar-refractivity contribution in [3.63, 3.8) is 0 Å². The number of hydrogen-bond acceptors (Lipinski definition) is 6. The van der Waals surface area contributed by atoms with Gasteiger partial charge in [0.15, 0.2) is 11.5 Å². The lowest BCUT2D eigenvalue weighted by Crippen LogP contribution is -2.16. The van der Waals surface area contributed by atoms with Crippen molar-refractivity contribution in [1.82, 2.24) is 9.55 Å². The monoisotopic (exact) mass is 503 g/mol. The molecule has 4 aromatic rings. The van der Waals surface area contributed by atoms with E-state index in [4.69, 9.17) is 18.9 Å². The lowest BCUT2D eigenvalue weighted by atomic mass is 9.95. The van der Waals surface area contributed by atoms with E-state index < -0.39 is 11.9 Å². The zero-order valence-electron chi connectivity index (χ0n) is 20.8. The van der Waals surface area contributed by atoms with Crippen LogP contribution in [0.5, 0.6) is 11.5 Å². The highest BCUT2D eigenvalue weighted by molar-refractivity contribution is 6.07. The number of amides is 1. The normalized spacial score (nSPS) is 14.0. The molecule has 2 aromatic carbocycles. The van der Waals surface area contributed by atoms with Gasteiger partial charge in [0.2, 0.25) is 0 Å². The molecule has 0 spiro atoms. The van der Waals surface area contributed by atoms with Gasteiger partial charge in [-0.2, -0.15) is 0 Å². The van der Waals surface area contributed by atoms with E-state index in [1.807, 2.05) is 12.1 Å².